The van der Waals surface area contributed by atoms with Gasteiger partial charge in [0.05, 0.1) is 12.0 Å². The van der Waals surface area contributed by atoms with Crippen LogP contribution in [0.15, 0.2) is 52.8 Å². The number of aliphatic hydroxyl groups is 1. The van der Waals surface area contributed by atoms with Crippen LogP contribution in [-0.4, -0.2) is 22.0 Å². The van der Waals surface area contributed by atoms with Crippen molar-refractivity contribution in [1.82, 2.24) is 5.32 Å². The van der Waals surface area contributed by atoms with Crippen LogP contribution in [0.1, 0.15) is 18.4 Å². The molecule has 1 aromatic rings. The SMILES string of the molecule is O=C1CC2=CC(=Cc3cccc(O)c3)CC(O)=C2C(=O)N1. The van der Waals surface area contributed by atoms with Gasteiger partial charge in [0, 0.05) is 6.42 Å². The summed E-state index contributed by atoms with van der Waals surface area (Å²) in [5.41, 5.74) is 2.28. The van der Waals surface area contributed by atoms with Crippen molar-refractivity contribution >= 4 is 17.9 Å². The number of piperidine rings is 1. The maximum atomic E-state index is 11.7. The molecule has 1 fully saturated rings. The smallest absolute Gasteiger partial charge is 0.261 e. The highest BCUT2D eigenvalue weighted by atomic mass is 16.3. The molecule has 3 N–H and O–H groups in total. The van der Waals surface area contributed by atoms with E-state index in [0.717, 1.165) is 11.1 Å². The largest absolute Gasteiger partial charge is 0.511 e. The molecule has 2 aliphatic rings. The number of phenolic OH excluding ortho intramolecular Hbond substituents is 1. The Morgan fingerprint density at radius 2 is 1.95 bits per heavy atom. The Labute approximate surface area is 120 Å². The number of imide groups is 1. The van der Waals surface area contributed by atoms with Gasteiger partial charge in [-0.25, -0.2) is 0 Å². The molecule has 5 heteroatoms. The summed E-state index contributed by atoms with van der Waals surface area (Å²) in [7, 11) is 0. The summed E-state index contributed by atoms with van der Waals surface area (Å²) in [6.45, 7) is 0. The van der Waals surface area contributed by atoms with Crippen LogP contribution in [0.3, 0.4) is 0 Å². The second-order valence-electron chi connectivity index (χ2n) is 5.04. The van der Waals surface area contributed by atoms with Crippen LogP contribution in [-0.2, 0) is 9.59 Å². The van der Waals surface area contributed by atoms with Gasteiger partial charge in [-0.15, -0.1) is 0 Å². The molecule has 5 nitrogen and oxygen atoms in total. The molecular weight excluding hydrogens is 270 g/mol. The summed E-state index contributed by atoms with van der Waals surface area (Å²) < 4.78 is 0. The zero-order valence-corrected chi connectivity index (χ0v) is 11.1. The fourth-order valence-electron chi connectivity index (χ4n) is 2.56. The Bertz CT molecular complexity index is 740. The number of carbonyl (C=O) groups is 2. The lowest BCUT2D eigenvalue weighted by molar-refractivity contribution is -0.129. The van der Waals surface area contributed by atoms with Gasteiger partial charge in [0.15, 0.2) is 0 Å². The lowest BCUT2D eigenvalue weighted by Crippen LogP contribution is -2.38. The Morgan fingerprint density at radius 1 is 1.14 bits per heavy atom. The van der Waals surface area contributed by atoms with Crippen LogP contribution >= 0.6 is 0 Å². The van der Waals surface area contributed by atoms with E-state index in [2.05, 4.69) is 5.32 Å². The van der Waals surface area contributed by atoms with E-state index in [-0.39, 0.29) is 35.8 Å². The van der Waals surface area contributed by atoms with Crippen molar-refractivity contribution in [3.05, 3.63) is 58.4 Å². The predicted octanol–water partition coefficient (Wildman–Crippen LogP) is 1.96. The van der Waals surface area contributed by atoms with Crippen LogP contribution < -0.4 is 5.32 Å². The monoisotopic (exact) mass is 283 g/mol. The Morgan fingerprint density at radius 3 is 2.71 bits per heavy atom. The van der Waals surface area contributed by atoms with Gasteiger partial charge in [0.1, 0.15) is 11.5 Å². The number of rotatable bonds is 1. The number of amides is 2. The topological polar surface area (TPSA) is 86.6 Å². The number of allylic oxidation sites excluding steroid dienone is 2. The lowest BCUT2D eigenvalue weighted by atomic mass is 9.87. The number of aliphatic hydroxyl groups excluding tert-OH is 1. The normalized spacial score (nSPS) is 20.2. The third-order valence-corrected chi connectivity index (χ3v) is 3.39. The summed E-state index contributed by atoms with van der Waals surface area (Å²) in [5.74, 6) is -0.808. The standard InChI is InChI=1S/C16H13NO4/c18-12-3-1-2-9(6-12)4-10-5-11-8-14(20)17-16(21)15(11)13(19)7-10/h1-6,18-19H,7-8H2,(H,17,20,21). The summed E-state index contributed by atoms with van der Waals surface area (Å²) in [4.78, 5) is 23.1. The molecule has 0 unspecified atom stereocenters. The second kappa shape index (κ2) is 4.94. The van der Waals surface area contributed by atoms with E-state index >= 15 is 0 Å². The summed E-state index contributed by atoms with van der Waals surface area (Å²) in [6.07, 6.45) is 3.84. The van der Waals surface area contributed by atoms with Crippen molar-refractivity contribution in [2.75, 3.05) is 0 Å². The second-order valence-corrected chi connectivity index (χ2v) is 5.04. The van der Waals surface area contributed by atoms with Gasteiger partial charge in [0.25, 0.3) is 5.91 Å². The highest BCUT2D eigenvalue weighted by molar-refractivity contribution is 6.12. The van der Waals surface area contributed by atoms with E-state index in [1.54, 1.807) is 30.4 Å². The zero-order valence-electron chi connectivity index (χ0n) is 11.1. The first-order valence-electron chi connectivity index (χ1n) is 6.50. The summed E-state index contributed by atoms with van der Waals surface area (Å²) in [5, 5.41) is 21.7. The molecule has 106 valence electrons. The Kier molecular flexibility index (Phi) is 3.10. The first-order valence-corrected chi connectivity index (χ1v) is 6.50. The number of fused-ring (bicyclic) bond motifs is 1. The molecule has 0 aromatic heterocycles. The molecular formula is C16H13NO4. The maximum Gasteiger partial charge on any atom is 0.261 e. The fraction of sp³-hybridized carbons (Fsp3) is 0.125. The van der Waals surface area contributed by atoms with Gasteiger partial charge in [-0.1, -0.05) is 24.3 Å². The lowest BCUT2D eigenvalue weighted by Gasteiger charge is -2.23. The zero-order chi connectivity index (χ0) is 15.0. The molecule has 0 atom stereocenters. The molecule has 2 amide bonds. The van der Waals surface area contributed by atoms with Crippen molar-refractivity contribution in [2.24, 2.45) is 0 Å². The molecule has 0 bridgehead atoms. The van der Waals surface area contributed by atoms with E-state index in [1.807, 2.05) is 6.07 Å². The van der Waals surface area contributed by atoms with Crippen molar-refractivity contribution in [1.29, 1.82) is 0 Å². The molecule has 1 aliphatic heterocycles. The number of hydrogen-bond donors (Lipinski definition) is 3. The predicted molar refractivity (Wildman–Crippen MR) is 76.2 cm³/mol. The van der Waals surface area contributed by atoms with E-state index in [1.165, 1.54) is 0 Å². The number of hydrogen-bond acceptors (Lipinski definition) is 4. The van der Waals surface area contributed by atoms with Gasteiger partial charge in [-0.3, -0.25) is 14.9 Å². The maximum absolute atomic E-state index is 11.7. The van der Waals surface area contributed by atoms with Crippen molar-refractivity contribution < 1.29 is 19.8 Å². The first kappa shape index (κ1) is 13.2. The van der Waals surface area contributed by atoms with Crippen LogP contribution in [0, 0.1) is 0 Å². The summed E-state index contributed by atoms with van der Waals surface area (Å²) in [6, 6.07) is 6.71. The molecule has 21 heavy (non-hydrogen) atoms. The molecule has 1 heterocycles. The van der Waals surface area contributed by atoms with E-state index < -0.39 is 5.91 Å². The Balaban J connectivity index is 1.98. The van der Waals surface area contributed by atoms with Gasteiger partial charge in [0.2, 0.25) is 5.91 Å². The van der Waals surface area contributed by atoms with Crippen LogP contribution in [0.4, 0.5) is 0 Å². The number of benzene rings is 1. The first-order chi connectivity index (χ1) is 10.0. The number of aromatic hydroxyl groups is 1. The Hall–Kier alpha value is -2.82. The minimum absolute atomic E-state index is 0.0381. The van der Waals surface area contributed by atoms with Gasteiger partial charge < -0.3 is 10.2 Å². The summed E-state index contributed by atoms with van der Waals surface area (Å²) >= 11 is 0. The average molecular weight is 283 g/mol. The molecule has 3 rings (SSSR count). The number of carbonyl (C=O) groups excluding carboxylic acids is 2. The third kappa shape index (κ3) is 2.58. The average Bonchev–Trinajstić information content (AvgIpc) is 2.37. The van der Waals surface area contributed by atoms with Crippen molar-refractivity contribution in [3.8, 4) is 5.75 Å². The van der Waals surface area contributed by atoms with Crippen LogP contribution in [0.25, 0.3) is 6.08 Å². The van der Waals surface area contributed by atoms with Crippen molar-refractivity contribution in [2.45, 2.75) is 12.8 Å². The molecule has 0 spiro atoms. The van der Waals surface area contributed by atoms with Crippen LogP contribution in [0.5, 0.6) is 5.75 Å². The number of nitrogens with one attached hydrogen (secondary N) is 1. The molecule has 1 saturated heterocycles. The third-order valence-electron chi connectivity index (χ3n) is 3.39. The molecule has 0 radical (unpaired) electrons. The van der Waals surface area contributed by atoms with Crippen LogP contribution in [0.2, 0.25) is 0 Å². The van der Waals surface area contributed by atoms with Gasteiger partial charge >= 0.3 is 0 Å². The molecule has 0 saturated carbocycles. The fourth-order valence-corrected chi connectivity index (χ4v) is 2.56. The molecule has 1 aliphatic carbocycles. The quantitative estimate of drug-likeness (QED) is 0.688. The van der Waals surface area contributed by atoms with Gasteiger partial charge in [-0.05, 0) is 28.8 Å². The number of phenols is 1. The highest BCUT2D eigenvalue weighted by Crippen LogP contribution is 2.32. The van der Waals surface area contributed by atoms with E-state index in [9.17, 15) is 19.8 Å². The minimum Gasteiger partial charge on any atom is -0.511 e. The highest BCUT2D eigenvalue weighted by Gasteiger charge is 2.31. The minimum atomic E-state index is -0.550. The van der Waals surface area contributed by atoms with E-state index in [4.69, 9.17) is 0 Å². The van der Waals surface area contributed by atoms with Gasteiger partial charge in [-0.2, -0.15) is 0 Å². The van der Waals surface area contributed by atoms with E-state index in [0.29, 0.717) is 5.57 Å². The molecule has 1 aromatic carbocycles. The van der Waals surface area contributed by atoms with Crippen molar-refractivity contribution in [3.63, 3.8) is 0 Å².